The van der Waals surface area contributed by atoms with Crippen molar-refractivity contribution >= 4 is 17.2 Å². The highest BCUT2D eigenvalue weighted by molar-refractivity contribution is 7.10. The third-order valence-corrected chi connectivity index (χ3v) is 6.07. The second-order valence-electron chi connectivity index (χ2n) is 7.98. The molecule has 4 rings (SSSR count). The standard InChI is InChI=1S/C23H20F2N4O2S/c1-13-27-20(29-31-13)15-8-16(10-18(25)9-15)21(30)26-12-23(2,3)22-28-19(11-32-22)14-4-6-17(24)7-5-14/h4-11H,12H2,1-3H3,(H,26,30). The van der Waals surface area contributed by atoms with Crippen LogP contribution in [0.15, 0.2) is 52.4 Å². The van der Waals surface area contributed by atoms with Crippen LogP contribution < -0.4 is 5.32 Å². The van der Waals surface area contributed by atoms with Crippen LogP contribution in [0.5, 0.6) is 0 Å². The van der Waals surface area contributed by atoms with Crippen molar-refractivity contribution in [1.29, 1.82) is 0 Å². The number of aromatic nitrogens is 3. The third-order valence-electron chi connectivity index (χ3n) is 4.86. The van der Waals surface area contributed by atoms with Gasteiger partial charge >= 0.3 is 0 Å². The van der Waals surface area contributed by atoms with Crippen LogP contribution >= 0.6 is 11.3 Å². The summed E-state index contributed by atoms with van der Waals surface area (Å²) in [5, 5.41) is 9.34. The zero-order valence-corrected chi connectivity index (χ0v) is 18.5. The van der Waals surface area contributed by atoms with E-state index >= 15 is 0 Å². The van der Waals surface area contributed by atoms with E-state index in [0.717, 1.165) is 22.3 Å². The van der Waals surface area contributed by atoms with Crippen molar-refractivity contribution in [1.82, 2.24) is 20.4 Å². The smallest absolute Gasteiger partial charge is 0.251 e. The maximum absolute atomic E-state index is 14.1. The van der Waals surface area contributed by atoms with Crippen LogP contribution in [0.2, 0.25) is 0 Å². The first-order chi connectivity index (χ1) is 15.2. The molecule has 0 unspecified atom stereocenters. The normalized spacial score (nSPS) is 11.5. The lowest BCUT2D eigenvalue weighted by atomic mass is 9.94. The summed E-state index contributed by atoms with van der Waals surface area (Å²) in [6.07, 6.45) is 0. The van der Waals surface area contributed by atoms with Crippen molar-refractivity contribution in [2.75, 3.05) is 6.54 Å². The second kappa shape index (κ2) is 8.58. The molecule has 164 valence electrons. The van der Waals surface area contributed by atoms with E-state index in [1.807, 2.05) is 19.2 Å². The molecule has 0 bridgehead atoms. The second-order valence-corrected chi connectivity index (χ2v) is 8.84. The monoisotopic (exact) mass is 454 g/mol. The summed E-state index contributed by atoms with van der Waals surface area (Å²) < 4.78 is 32.2. The highest BCUT2D eigenvalue weighted by atomic mass is 32.1. The summed E-state index contributed by atoms with van der Waals surface area (Å²) in [5.41, 5.74) is 1.60. The Hall–Kier alpha value is -3.46. The molecule has 0 saturated carbocycles. The van der Waals surface area contributed by atoms with E-state index in [1.54, 1.807) is 19.1 Å². The van der Waals surface area contributed by atoms with Gasteiger partial charge in [0.15, 0.2) is 0 Å². The van der Waals surface area contributed by atoms with Gasteiger partial charge in [0, 0.05) is 41.0 Å². The summed E-state index contributed by atoms with van der Waals surface area (Å²) in [6, 6.07) is 10.1. The van der Waals surface area contributed by atoms with Gasteiger partial charge in [-0.2, -0.15) is 4.98 Å². The number of hydrogen-bond acceptors (Lipinski definition) is 6. The van der Waals surface area contributed by atoms with E-state index in [9.17, 15) is 13.6 Å². The molecule has 0 aliphatic carbocycles. The lowest BCUT2D eigenvalue weighted by molar-refractivity contribution is 0.0945. The minimum Gasteiger partial charge on any atom is -0.351 e. The fourth-order valence-electron chi connectivity index (χ4n) is 3.08. The molecule has 0 aliphatic heterocycles. The molecule has 0 atom stereocenters. The minimum atomic E-state index is -0.571. The van der Waals surface area contributed by atoms with E-state index in [4.69, 9.17) is 4.52 Å². The Kier molecular flexibility index (Phi) is 5.84. The zero-order chi connectivity index (χ0) is 22.9. The maximum atomic E-state index is 14.1. The Morgan fingerprint density at radius 2 is 1.81 bits per heavy atom. The number of nitrogens with one attached hydrogen (secondary N) is 1. The lowest BCUT2D eigenvalue weighted by Gasteiger charge is -2.22. The van der Waals surface area contributed by atoms with Crippen molar-refractivity contribution in [2.24, 2.45) is 0 Å². The van der Waals surface area contributed by atoms with E-state index in [0.29, 0.717) is 11.5 Å². The summed E-state index contributed by atoms with van der Waals surface area (Å²) in [6.45, 7) is 5.83. The molecule has 6 nitrogen and oxygen atoms in total. The van der Waals surface area contributed by atoms with Crippen LogP contribution in [-0.4, -0.2) is 27.6 Å². The van der Waals surface area contributed by atoms with E-state index < -0.39 is 17.1 Å². The molecule has 9 heteroatoms. The van der Waals surface area contributed by atoms with Gasteiger partial charge in [-0.1, -0.05) is 19.0 Å². The number of aryl methyl sites for hydroxylation is 1. The van der Waals surface area contributed by atoms with Gasteiger partial charge in [0.25, 0.3) is 5.91 Å². The molecule has 2 aromatic heterocycles. The largest absolute Gasteiger partial charge is 0.351 e. The number of benzene rings is 2. The predicted octanol–water partition coefficient (Wildman–Crippen LogP) is 5.15. The zero-order valence-electron chi connectivity index (χ0n) is 17.6. The molecule has 2 aromatic carbocycles. The van der Waals surface area contributed by atoms with Crippen LogP contribution in [-0.2, 0) is 5.41 Å². The summed E-state index contributed by atoms with van der Waals surface area (Å²) in [5.74, 6) is -0.734. The lowest BCUT2D eigenvalue weighted by Crippen LogP contribution is -2.36. The first-order valence-electron chi connectivity index (χ1n) is 9.83. The Labute approximate surface area is 187 Å². The van der Waals surface area contributed by atoms with Crippen LogP contribution in [0.3, 0.4) is 0 Å². The first-order valence-corrected chi connectivity index (χ1v) is 10.7. The topological polar surface area (TPSA) is 80.9 Å². The molecule has 0 spiro atoms. The molecular formula is C23H20F2N4O2S. The van der Waals surface area contributed by atoms with Crippen molar-refractivity contribution in [3.63, 3.8) is 0 Å². The highest BCUT2D eigenvalue weighted by Gasteiger charge is 2.26. The Morgan fingerprint density at radius 3 is 2.50 bits per heavy atom. The number of nitrogens with zero attached hydrogens (tertiary/aromatic N) is 3. The highest BCUT2D eigenvalue weighted by Crippen LogP contribution is 2.30. The average molecular weight is 455 g/mol. The van der Waals surface area contributed by atoms with Gasteiger partial charge in [0.2, 0.25) is 11.7 Å². The maximum Gasteiger partial charge on any atom is 0.251 e. The van der Waals surface area contributed by atoms with E-state index in [1.165, 1.54) is 35.6 Å². The van der Waals surface area contributed by atoms with Crippen molar-refractivity contribution in [3.05, 3.63) is 75.9 Å². The van der Waals surface area contributed by atoms with Crippen LogP contribution in [0.4, 0.5) is 8.78 Å². The Morgan fingerprint density at radius 1 is 1.06 bits per heavy atom. The molecule has 0 radical (unpaired) electrons. The van der Waals surface area contributed by atoms with Gasteiger partial charge in [-0.15, -0.1) is 11.3 Å². The minimum absolute atomic E-state index is 0.157. The van der Waals surface area contributed by atoms with Crippen molar-refractivity contribution in [2.45, 2.75) is 26.2 Å². The number of hydrogen-bond donors (Lipinski definition) is 1. The van der Waals surface area contributed by atoms with Crippen LogP contribution in [0.1, 0.15) is 35.1 Å². The van der Waals surface area contributed by atoms with Gasteiger partial charge in [-0.25, -0.2) is 13.8 Å². The Bertz CT molecular complexity index is 1270. The van der Waals surface area contributed by atoms with Crippen molar-refractivity contribution in [3.8, 4) is 22.6 Å². The number of carbonyl (C=O) groups is 1. The number of amides is 1. The van der Waals surface area contributed by atoms with Gasteiger partial charge in [-0.3, -0.25) is 4.79 Å². The Balaban J connectivity index is 1.48. The molecule has 1 N–H and O–H groups in total. The summed E-state index contributed by atoms with van der Waals surface area (Å²) in [7, 11) is 0. The molecule has 2 heterocycles. The molecule has 4 aromatic rings. The van der Waals surface area contributed by atoms with Gasteiger partial charge in [0.1, 0.15) is 16.6 Å². The van der Waals surface area contributed by atoms with Crippen LogP contribution in [0, 0.1) is 18.6 Å². The van der Waals surface area contributed by atoms with E-state index in [-0.39, 0.29) is 23.7 Å². The summed E-state index contributed by atoms with van der Waals surface area (Å²) >= 11 is 1.46. The fourth-order valence-corrected chi connectivity index (χ4v) is 4.04. The van der Waals surface area contributed by atoms with Crippen molar-refractivity contribution < 1.29 is 18.1 Å². The van der Waals surface area contributed by atoms with E-state index in [2.05, 4.69) is 20.4 Å². The first kappa shape index (κ1) is 21.8. The third kappa shape index (κ3) is 4.72. The quantitative estimate of drug-likeness (QED) is 0.436. The van der Waals surface area contributed by atoms with Gasteiger partial charge in [-0.05, 0) is 42.5 Å². The predicted molar refractivity (Wildman–Crippen MR) is 117 cm³/mol. The molecule has 1 amide bonds. The number of rotatable bonds is 6. The average Bonchev–Trinajstić information content (AvgIpc) is 3.42. The summed E-state index contributed by atoms with van der Waals surface area (Å²) in [4.78, 5) is 21.5. The molecule has 32 heavy (non-hydrogen) atoms. The number of halogens is 2. The number of thiazole rings is 1. The molecular weight excluding hydrogens is 434 g/mol. The molecule has 0 fully saturated rings. The fraction of sp³-hybridized carbons (Fsp3) is 0.217. The molecule has 0 aliphatic rings. The van der Waals surface area contributed by atoms with Crippen LogP contribution in [0.25, 0.3) is 22.6 Å². The van der Waals surface area contributed by atoms with Gasteiger partial charge < -0.3 is 9.84 Å². The molecule has 0 saturated heterocycles. The number of carbonyl (C=O) groups excluding carboxylic acids is 1. The van der Waals surface area contributed by atoms with Gasteiger partial charge in [0.05, 0.1) is 5.69 Å². The SMILES string of the molecule is Cc1nc(-c2cc(F)cc(C(=O)NCC(C)(C)c3nc(-c4ccc(F)cc4)cs3)c2)no1.